The van der Waals surface area contributed by atoms with Gasteiger partial charge in [-0.25, -0.2) is 13.6 Å². The first-order valence-corrected chi connectivity index (χ1v) is 7.99. The molecule has 0 aliphatic rings. The van der Waals surface area contributed by atoms with Gasteiger partial charge in [0, 0.05) is 23.9 Å². The van der Waals surface area contributed by atoms with E-state index in [-0.39, 0.29) is 10.6 Å². The van der Waals surface area contributed by atoms with Crippen molar-refractivity contribution in [2.45, 2.75) is 31.7 Å². The number of aryl methyl sites for hydroxylation is 1. The molecule has 0 unspecified atom stereocenters. The van der Waals surface area contributed by atoms with E-state index in [0.29, 0.717) is 17.1 Å². The van der Waals surface area contributed by atoms with Crippen LogP contribution in [0.1, 0.15) is 18.9 Å². The summed E-state index contributed by atoms with van der Waals surface area (Å²) in [6.45, 7) is 4.44. The summed E-state index contributed by atoms with van der Waals surface area (Å²) in [5.41, 5.74) is 6.39. The number of primary sulfonamides is 1. The Labute approximate surface area is 123 Å². The minimum atomic E-state index is -3.86. The van der Waals surface area contributed by atoms with Crippen molar-refractivity contribution in [2.24, 2.45) is 5.14 Å². The van der Waals surface area contributed by atoms with Gasteiger partial charge in [-0.3, -0.25) is 4.68 Å². The lowest BCUT2D eigenvalue weighted by molar-refractivity contribution is 0.475. The van der Waals surface area contributed by atoms with E-state index in [4.69, 9.17) is 15.6 Å². The number of rotatable bonds is 5. The Kier molecular flexibility index (Phi) is 4.19. The second-order valence-corrected chi connectivity index (χ2v) is 6.26. The summed E-state index contributed by atoms with van der Waals surface area (Å²) in [5, 5.41) is 9.32. The number of sulfonamides is 1. The summed E-state index contributed by atoms with van der Waals surface area (Å²) < 4.78 is 30.5. The average molecular weight is 310 g/mol. The molecule has 1 aromatic heterocycles. The third kappa shape index (κ3) is 3.53. The van der Waals surface area contributed by atoms with Crippen molar-refractivity contribution in [3.63, 3.8) is 0 Å². The fourth-order valence-corrected chi connectivity index (χ4v) is 2.79. The van der Waals surface area contributed by atoms with Crippen LogP contribution in [-0.4, -0.2) is 18.2 Å². The van der Waals surface area contributed by atoms with Gasteiger partial charge in [-0.2, -0.15) is 5.10 Å². The van der Waals surface area contributed by atoms with E-state index in [1.54, 1.807) is 30.1 Å². The molecule has 21 heavy (non-hydrogen) atoms. The molecule has 8 heteroatoms. The summed E-state index contributed by atoms with van der Waals surface area (Å²) in [4.78, 5) is -0.0431. The number of aromatic nitrogens is 2. The van der Waals surface area contributed by atoms with E-state index < -0.39 is 10.0 Å². The maximum absolute atomic E-state index is 11.6. The third-order valence-electron chi connectivity index (χ3n) is 2.93. The van der Waals surface area contributed by atoms with Crippen LogP contribution >= 0.6 is 0 Å². The van der Waals surface area contributed by atoms with Crippen molar-refractivity contribution in [1.82, 2.24) is 9.78 Å². The minimum absolute atomic E-state index is 0.0431. The monoisotopic (exact) mass is 310 g/mol. The highest BCUT2D eigenvalue weighted by Crippen LogP contribution is 2.31. The van der Waals surface area contributed by atoms with Crippen LogP contribution in [-0.2, 0) is 16.6 Å². The lowest BCUT2D eigenvalue weighted by Crippen LogP contribution is -2.14. The molecule has 2 aromatic rings. The standard InChI is InChI=1S/C13H18N4O3S/c1-3-4-17-8-11(7-16-17)20-12-5-10(14)6-13(9(12)2)21(15,18)19/h5-8H,3-4,14H2,1-2H3,(H2,15,18,19). The van der Waals surface area contributed by atoms with Crippen LogP contribution in [0.3, 0.4) is 0 Å². The van der Waals surface area contributed by atoms with Gasteiger partial charge >= 0.3 is 0 Å². The van der Waals surface area contributed by atoms with Crippen molar-refractivity contribution in [3.05, 3.63) is 30.1 Å². The van der Waals surface area contributed by atoms with E-state index >= 15 is 0 Å². The van der Waals surface area contributed by atoms with Crippen molar-refractivity contribution in [1.29, 1.82) is 0 Å². The zero-order valence-electron chi connectivity index (χ0n) is 11.9. The van der Waals surface area contributed by atoms with Crippen LogP contribution in [0.15, 0.2) is 29.4 Å². The Morgan fingerprint density at radius 2 is 2.10 bits per heavy atom. The minimum Gasteiger partial charge on any atom is -0.454 e. The van der Waals surface area contributed by atoms with Gasteiger partial charge < -0.3 is 10.5 Å². The average Bonchev–Trinajstić information content (AvgIpc) is 2.80. The number of nitrogens with two attached hydrogens (primary N) is 2. The van der Waals surface area contributed by atoms with Gasteiger partial charge in [-0.1, -0.05) is 6.92 Å². The Balaban J connectivity index is 2.37. The molecular formula is C13H18N4O3S. The van der Waals surface area contributed by atoms with Crippen LogP contribution < -0.4 is 15.6 Å². The molecule has 0 saturated carbocycles. The summed E-state index contributed by atoms with van der Waals surface area (Å²) in [6, 6.07) is 2.87. The highest BCUT2D eigenvalue weighted by molar-refractivity contribution is 7.89. The highest BCUT2D eigenvalue weighted by Gasteiger charge is 2.17. The molecule has 0 spiro atoms. The second-order valence-electron chi connectivity index (χ2n) is 4.73. The van der Waals surface area contributed by atoms with Gasteiger partial charge in [0.05, 0.1) is 17.3 Å². The molecule has 0 saturated heterocycles. The molecule has 2 rings (SSSR count). The number of nitrogens with zero attached hydrogens (tertiary/aromatic N) is 2. The molecule has 0 amide bonds. The SMILES string of the molecule is CCCn1cc(Oc2cc(N)cc(S(N)(=O)=O)c2C)cn1. The number of benzene rings is 1. The molecule has 1 aromatic carbocycles. The van der Waals surface area contributed by atoms with Crippen LogP contribution in [0.5, 0.6) is 11.5 Å². The topological polar surface area (TPSA) is 113 Å². The van der Waals surface area contributed by atoms with Crippen molar-refractivity contribution in [3.8, 4) is 11.5 Å². The van der Waals surface area contributed by atoms with Gasteiger partial charge in [0.25, 0.3) is 0 Å². The number of nitrogen functional groups attached to an aromatic ring is 1. The third-order valence-corrected chi connectivity index (χ3v) is 3.97. The molecular weight excluding hydrogens is 292 g/mol. The lowest BCUT2D eigenvalue weighted by Gasteiger charge is -2.11. The first kappa shape index (κ1) is 15.3. The number of ether oxygens (including phenoxy) is 1. The Hall–Kier alpha value is -2.06. The maximum Gasteiger partial charge on any atom is 0.238 e. The van der Waals surface area contributed by atoms with Gasteiger partial charge in [-0.05, 0) is 19.4 Å². The fraction of sp³-hybridized carbons (Fsp3) is 0.308. The molecule has 1 heterocycles. The zero-order valence-corrected chi connectivity index (χ0v) is 12.7. The van der Waals surface area contributed by atoms with Crippen LogP contribution in [0.25, 0.3) is 0 Å². The number of hydrogen-bond acceptors (Lipinski definition) is 5. The van der Waals surface area contributed by atoms with E-state index in [2.05, 4.69) is 5.10 Å². The first-order valence-electron chi connectivity index (χ1n) is 6.44. The largest absolute Gasteiger partial charge is 0.454 e. The molecule has 0 fully saturated rings. The van der Waals surface area contributed by atoms with Gasteiger partial charge in [0.15, 0.2) is 5.75 Å². The molecule has 0 atom stereocenters. The first-order chi connectivity index (χ1) is 9.81. The van der Waals surface area contributed by atoms with E-state index in [1.165, 1.54) is 6.07 Å². The molecule has 0 bridgehead atoms. The molecule has 0 aliphatic heterocycles. The fourth-order valence-electron chi connectivity index (χ4n) is 1.96. The van der Waals surface area contributed by atoms with E-state index in [1.807, 2.05) is 6.92 Å². The molecule has 114 valence electrons. The smallest absolute Gasteiger partial charge is 0.238 e. The number of anilines is 1. The Morgan fingerprint density at radius 1 is 1.38 bits per heavy atom. The van der Waals surface area contributed by atoms with Crippen LogP contribution in [0.4, 0.5) is 5.69 Å². The van der Waals surface area contributed by atoms with E-state index in [0.717, 1.165) is 13.0 Å². The Morgan fingerprint density at radius 3 is 2.71 bits per heavy atom. The van der Waals surface area contributed by atoms with Crippen LogP contribution in [0.2, 0.25) is 0 Å². The summed E-state index contributed by atoms with van der Waals surface area (Å²) in [5.74, 6) is 0.854. The van der Waals surface area contributed by atoms with Gasteiger partial charge in [0.1, 0.15) is 5.75 Å². The molecule has 0 aliphatic carbocycles. The highest BCUT2D eigenvalue weighted by atomic mass is 32.2. The Bertz CT molecular complexity index is 753. The predicted octanol–water partition coefficient (Wildman–Crippen LogP) is 1.62. The second kappa shape index (κ2) is 5.74. The van der Waals surface area contributed by atoms with Crippen LogP contribution in [0, 0.1) is 6.92 Å². The van der Waals surface area contributed by atoms with Gasteiger partial charge in [0.2, 0.25) is 10.0 Å². The van der Waals surface area contributed by atoms with Gasteiger partial charge in [-0.15, -0.1) is 0 Å². The maximum atomic E-state index is 11.6. The molecule has 0 radical (unpaired) electrons. The molecule has 7 nitrogen and oxygen atoms in total. The molecule has 4 N–H and O–H groups in total. The normalized spacial score (nSPS) is 11.6. The summed E-state index contributed by atoms with van der Waals surface area (Å²) in [7, 11) is -3.86. The van der Waals surface area contributed by atoms with Crippen molar-refractivity contribution < 1.29 is 13.2 Å². The zero-order chi connectivity index (χ0) is 15.6. The quantitative estimate of drug-likeness (QED) is 0.815. The van der Waals surface area contributed by atoms with Crippen molar-refractivity contribution in [2.75, 3.05) is 5.73 Å². The predicted molar refractivity (Wildman–Crippen MR) is 79.6 cm³/mol. The lowest BCUT2D eigenvalue weighted by atomic mass is 10.2. The van der Waals surface area contributed by atoms with E-state index in [9.17, 15) is 8.42 Å². The number of hydrogen-bond donors (Lipinski definition) is 2. The van der Waals surface area contributed by atoms with Crippen molar-refractivity contribution >= 4 is 15.7 Å². The summed E-state index contributed by atoms with van der Waals surface area (Å²) >= 11 is 0. The summed E-state index contributed by atoms with van der Waals surface area (Å²) in [6.07, 6.45) is 4.26.